The number of aromatic nitrogens is 2. The van der Waals surface area contributed by atoms with Gasteiger partial charge in [0, 0.05) is 18.8 Å². The third-order valence-electron chi connectivity index (χ3n) is 5.31. The van der Waals surface area contributed by atoms with Crippen molar-refractivity contribution in [3.8, 4) is 0 Å². The molecule has 1 aromatic heterocycles. The molecule has 0 fully saturated rings. The minimum Gasteiger partial charge on any atom is -0.339 e. The van der Waals surface area contributed by atoms with Crippen molar-refractivity contribution in [3.05, 3.63) is 83.3 Å². The van der Waals surface area contributed by atoms with Crippen LogP contribution in [0.1, 0.15) is 48.0 Å². The Labute approximate surface area is 171 Å². The number of hydrogen-bond donors (Lipinski definition) is 1. The van der Waals surface area contributed by atoms with E-state index in [0.717, 1.165) is 12.1 Å². The fraction of sp³-hybridized carbons (Fsp3) is 0.292. The Morgan fingerprint density at radius 3 is 2.34 bits per heavy atom. The van der Waals surface area contributed by atoms with Crippen LogP contribution in [0.4, 0.5) is 11.5 Å². The molecule has 1 N–H and O–H groups in total. The molecule has 5 heteroatoms. The minimum atomic E-state index is -0.0758. The Balaban J connectivity index is 1.42. The second-order valence-electron chi connectivity index (χ2n) is 8.48. The highest BCUT2D eigenvalue weighted by atomic mass is 16.2. The lowest BCUT2D eigenvalue weighted by Crippen LogP contribution is -2.36. The van der Waals surface area contributed by atoms with Crippen molar-refractivity contribution < 1.29 is 4.79 Å². The number of nitrogens with zero attached hydrogens (tertiary/aromatic N) is 3. The molecule has 1 aliphatic heterocycles. The average molecular weight is 386 g/mol. The molecule has 2 heterocycles. The van der Waals surface area contributed by atoms with Gasteiger partial charge in [0.1, 0.15) is 11.5 Å². The molecule has 1 amide bonds. The van der Waals surface area contributed by atoms with Gasteiger partial charge >= 0.3 is 0 Å². The fourth-order valence-corrected chi connectivity index (χ4v) is 3.54. The molecule has 0 saturated heterocycles. The van der Waals surface area contributed by atoms with Crippen molar-refractivity contribution in [3.63, 3.8) is 0 Å². The molecule has 0 bridgehead atoms. The standard InChI is InChI=1S/C24H26N4O/c1-24(2,3)19-8-10-20(11-9-19)27-22-15-25-21(14-26-22)23(29)28-13-12-17-6-4-5-7-18(17)16-28/h4-11,14-15H,12-13,16H2,1-3H3,(H,26,27). The summed E-state index contributed by atoms with van der Waals surface area (Å²) in [6.07, 6.45) is 4.04. The highest BCUT2D eigenvalue weighted by Crippen LogP contribution is 2.24. The number of rotatable bonds is 3. The van der Waals surface area contributed by atoms with Gasteiger partial charge in [-0.15, -0.1) is 0 Å². The third-order valence-corrected chi connectivity index (χ3v) is 5.31. The molecule has 0 spiro atoms. The van der Waals surface area contributed by atoms with E-state index in [9.17, 15) is 4.79 Å². The van der Waals surface area contributed by atoms with E-state index < -0.39 is 0 Å². The molecule has 0 aliphatic carbocycles. The fourth-order valence-electron chi connectivity index (χ4n) is 3.54. The van der Waals surface area contributed by atoms with Crippen molar-refractivity contribution in [1.29, 1.82) is 0 Å². The first kappa shape index (κ1) is 19.1. The minimum absolute atomic E-state index is 0.0758. The van der Waals surface area contributed by atoms with Gasteiger partial charge in [-0.25, -0.2) is 9.97 Å². The van der Waals surface area contributed by atoms with E-state index in [1.54, 1.807) is 12.4 Å². The predicted octanol–water partition coefficient (Wildman–Crippen LogP) is 4.72. The summed E-state index contributed by atoms with van der Waals surface area (Å²) in [6, 6.07) is 16.6. The van der Waals surface area contributed by atoms with Gasteiger partial charge in [0.25, 0.3) is 5.91 Å². The van der Waals surface area contributed by atoms with E-state index in [0.29, 0.717) is 24.6 Å². The summed E-state index contributed by atoms with van der Waals surface area (Å²) in [5, 5.41) is 3.24. The van der Waals surface area contributed by atoms with Gasteiger partial charge in [0.15, 0.2) is 0 Å². The van der Waals surface area contributed by atoms with Crippen LogP contribution in [-0.2, 0) is 18.4 Å². The topological polar surface area (TPSA) is 58.1 Å². The molecule has 29 heavy (non-hydrogen) atoms. The molecule has 3 aromatic rings. The smallest absolute Gasteiger partial charge is 0.274 e. The van der Waals surface area contributed by atoms with Gasteiger partial charge in [-0.1, -0.05) is 57.2 Å². The van der Waals surface area contributed by atoms with E-state index in [4.69, 9.17) is 0 Å². The normalized spacial score (nSPS) is 13.7. The number of benzene rings is 2. The monoisotopic (exact) mass is 386 g/mol. The maximum atomic E-state index is 12.8. The number of amides is 1. The Kier molecular flexibility index (Phi) is 5.05. The highest BCUT2D eigenvalue weighted by Gasteiger charge is 2.22. The molecule has 148 valence electrons. The van der Waals surface area contributed by atoms with Crippen LogP contribution in [0, 0.1) is 0 Å². The Morgan fingerprint density at radius 2 is 1.69 bits per heavy atom. The van der Waals surface area contributed by atoms with Crippen LogP contribution in [0.5, 0.6) is 0 Å². The summed E-state index contributed by atoms with van der Waals surface area (Å²) in [6.45, 7) is 7.90. The van der Waals surface area contributed by atoms with Crippen molar-refractivity contribution >= 4 is 17.4 Å². The molecule has 0 atom stereocenters. The van der Waals surface area contributed by atoms with Gasteiger partial charge in [-0.3, -0.25) is 4.79 Å². The second-order valence-corrected chi connectivity index (χ2v) is 8.48. The molecule has 0 unspecified atom stereocenters. The van der Waals surface area contributed by atoms with Gasteiger partial charge in [0.05, 0.1) is 12.4 Å². The first-order valence-electron chi connectivity index (χ1n) is 9.96. The lowest BCUT2D eigenvalue weighted by Gasteiger charge is -2.28. The number of hydrogen-bond acceptors (Lipinski definition) is 4. The van der Waals surface area contributed by atoms with Gasteiger partial charge < -0.3 is 10.2 Å². The summed E-state index contributed by atoms with van der Waals surface area (Å²) in [5.74, 6) is 0.544. The van der Waals surface area contributed by atoms with Crippen LogP contribution >= 0.6 is 0 Å². The lowest BCUT2D eigenvalue weighted by molar-refractivity contribution is 0.0728. The number of carbonyl (C=O) groups is 1. The van der Waals surface area contributed by atoms with Crippen molar-refractivity contribution in [2.24, 2.45) is 0 Å². The molecular weight excluding hydrogens is 360 g/mol. The average Bonchev–Trinajstić information content (AvgIpc) is 2.73. The molecule has 2 aromatic carbocycles. The number of nitrogens with one attached hydrogen (secondary N) is 1. The van der Waals surface area contributed by atoms with Crippen molar-refractivity contribution in [1.82, 2.24) is 14.9 Å². The van der Waals surface area contributed by atoms with Crippen LogP contribution in [0.3, 0.4) is 0 Å². The first-order valence-corrected chi connectivity index (χ1v) is 9.96. The number of anilines is 2. The van der Waals surface area contributed by atoms with E-state index in [-0.39, 0.29) is 11.3 Å². The van der Waals surface area contributed by atoms with E-state index in [1.165, 1.54) is 16.7 Å². The first-order chi connectivity index (χ1) is 13.9. The Morgan fingerprint density at radius 1 is 0.966 bits per heavy atom. The summed E-state index contributed by atoms with van der Waals surface area (Å²) in [4.78, 5) is 23.4. The van der Waals surface area contributed by atoms with Crippen LogP contribution in [-0.4, -0.2) is 27.3 Å². The Hall–Kier alpha value is -3.21. The predicted molar refractivity (Wildman–Crippen MR) is 115 cm³/mol. The summed E-state index contributed by atoms with van der Waals surface area (Å²) in [5.41, 5.74) is 5.24. The highest BCUT2D eigenvalue weighted by molar-refractivity contribution is 5.92. The molecule has 4 rings (SSSR count). The van der Waals surface area contributed by atoms with Gasteiger partial charge in [-0.2, -0.15) is 0 Å². The Bertz CT molecular complexity index is 1000. The van der Waals surface area contributed by atoms with Crippen LogP contribution in [0.25, 0.3) is 0 Å². The van der Waals surface area contributed by atoms with Gasteiger partial charge in [0.2, 0.25) is 0 Å². The molecular formula is C24H26N4O. The zero-order chi connectivity index (χ0) is 20.4. The quantitative estimate of drug-likeness (QED) is 0.708. The van der Waals surface area contributed by atoms with Crippen LogP contribution in [0.2, 0.25) is 0 Å². The maximum absolute atomic E-state index is 12.8. The van der Waals surface area contributed by atoms with E-state index in [2.05, 4.69) is 60.3 Å². The zero-order valence-corrected chi connectivity index (χ0v) is 17.1. The van der Waals surface area contributed by atoms with E-state index in [1.807, 2.05) is 29.2 Å². The number of fused-ring (bicyclic) bond motifs is 1. The van der Waals surface area contributed by atoms with Crippen molar-refractivity contribution in [2.75, 3.05) is 11.9 Å². The SMILES string of the molecule is CC(C)(C)c1ccc(Nc2cnc(C(=O)N3CCc4ccccc4C3)cn2)cc1. The molecule has 5 nitrogen and oxygen atoms in total. The van der Waals surface area contributed by atoms with Crippen molar-refractivity contribution in [2.45, 2.75) is 39.2 Å². The molecule has 0 radical (unpaired) electrons. The van der Waals surface area contributed by atoms with Crippen LogP contribution < -0.4 is 5.32 Å². The summed E-state index contributed by atoms with van der Waals surface area (Å²) >= 11 is 0. The van der Waals surface area contributed by atoms with E-state index >= 15 is 0 Å². The van der Waals surface area contributed by atoms with Gasteiger partial charge in [-0.05, 0) is 40.7 Å². The summed E-state index contributed by atoms with van der Waals surface area (Å²) in [7, 11) is 0. The largest absolute Gasteiger partial charge is 0.339 e. The zero-order valence-electron chi connectivity index (χ0n) is 17.1. The molecule has 1 aliphatic rings. The van der Waals surface area contributed by atoms with Crippen LogP contribution in [0.15, 0.2) is 60.9 Å². The maximum Gasteiger partial charge on any atom is 0.274 e. The number of carbonyl (C=O) groups excluding carboxylic acids is 1. The molecule has 0 saturated carbocycles. The summed E-state index contributed by atoms with van der Waals surface area (Å²) < 4.78 is 0. The second kappa shape index (κ2) is 7.66. The third kappa shape index (κ3) is 4.29. The lowest BCUT2D eigenvalue weighted by atomic mass is 9.87.